The van der Waals surface area contributed by atoms with Crippen molar-refractivity contribution in [2.24, 2.45) is 10.7 Å². The van der Waals surface area contributed by atoms with Crippen LogP contribution in [0.25, 0.3) is 5.57 Å². The predicted molar refractivity (Wildman–Crippen MR) is 143 cm³/mol. The molecule has 3 N–H and O–H groups in total. The zero-order valence-electron chi connectivity index (χ0n) is 21.2. The van der Waals surface area contributed by atoms with Crippen LogP contribution in [0.4, 0.5) is 4.39 Å². The van der Waals surface area contributed by atoms with E-state index in [-0.39, 0.29) is 60.8 Å². The van der Waals surface area contributed by atoms with E-state index in [0.29, 0.717) is 36.0 Å². The topological polar surface area (TPSA) is 158 Å². The van der Waals surface area contributed by atoms with Gasteiger partial charge in [-0.05, 0) is 48.6 Å². The molecule has 4 atom stereocenters. The van der Waals surface area contributed by atoms with Gasteiger partial charge < -0.3 is 25.0 Å². The number of hydrogen-bond donors (Lipinski definition) is 2. The highest BCUT2D eigenvalue weighted by Crippen LogP contribution is 2.27. The van der Waals surface area contributed by atoms with Crippen molar-refractivity contribution in [2.45, 2.75) is 50.4 Å². The van der Waals surface area contributed by atoms with Gasteiger partial charge in [0, 0.05) is 36.7 Å². The molecular weight excluding hydrogens is 527 g/mol. The maximum absolute atomic E-state index is 15.1. The minimum Gasteiger partial charge on any atom is -0.772 e. The lowest BCUT2D eigenvalue weighted by Gasteiger charge is -2.34. The molecule has 1 saturated heterocycles. The van der Waals surface area contributed by atoms with Gasteiger partial charge in [-0.1, -0.05) is 29.3 Å². The highest BCUT2D eigenvalue weighted by atomic mass is 32.2. The number of piperidine rings is 1. The van der Waals surface area contributed by atoms with Gasteiger partial charge >= 0.3 is 0 Å². The van der Waals surface area contributed by atoms with Crippen LogP contribution in [-0.4, -0.2) is 78.9 Å². The molecule has 0 spiro atoms. The van der Waals surface area contributed by atoms with Crippen molar-refractivity contribution in [3.63, 3.8) is 0 Å². The molecule has 2 aromatic rings. The van der Waals surface area contributed by atoms with Crippen molar-refractivity contribution in [1.82, 2.24) is 9.88 Å². The number of ether oxygens (including phenoxy) is 1. The number of likely N-dealkylation sites (tertiary alicyclic amines) is 1. The fraction of sp³-hybridized carbons (Fsp3) is 0.407. The molecule has 2 aliphatic rings. The van der Waals surface area contributed by atoms with Gasteiger partial charge in [0.2, 0.25) is 11.8 Å². The predicted octanol–water partition coefficient (Wildman–Crippen LogP) is 2.33. The lowest BCUT2D eigenvalue weighted by molar-refractivity contribution is -0.134. The van der Waals surface area contributed by atoms with Crippen LogP contribution in [-0.2, 0) is 22.3 Å². The van der Waals surface area contributed by atoms with E-state index >= 15 is 4.39 Å². The number of allylic oxidation sites excluding steroid dienone is 2. The first-order chi connectivity index (χ1) is 18.7. The van der Waals surface area contributed by atoms with Crippen LogP contribution in [0.1, 0.15) is 47.2 Å². The largest absolute Gasteiger partial charge is 0.772 e. The zero-order valence-corrected chi connectivity index (χ0v) is 22.0. The average Bonchev–Trinajstić information content (AvgIpc) is 3.16. The van der Waals surface area contributed by atoms with Gasteiger partial charge in [-0.15, -0.1) is 0 Å². The van der Waals surface area contributed by atoms with E-state index in [1.807, 2.05) is 6.08 Å². The van der Waals surface area contributed by atoms with Crippen molar-refractivity contribution in [3.8, 4) is 11.6 Å². The third-order valence-corrected chi connectivity index (χ3v) is 7.31. The summed E-state index contributed by atoms with van der Waals surface area (Å²) >= 11 is -2.12. The van der Waals surface area contributed by atoms with Gasteiger partial charge in [0.1, 0.15) is 17.4 Å². The molecule has 4 rings (SSSR count). The Morgan fingerprint density at radius 2 is 2.03 bits per heavy atom. The molecule has 10 nitrogen and oxygen atoms in total. The summed E-state index contributed by atoms with van der Waals surface area (Å²) in [6.07, 6.45) is 4.74. The fourth-order valence-electron chi connectivity index (χ4n) is 4.55. The molecule has 2 aliphatic heterocycles. The van der Waals surface area contributed by atoms with E-state index < -0.39 is 29.3 Å². The number of aromatic nitrogens is 1. The number of rotatable bonds is 9. The van der Waals surface area contributed by atoms with E-state index in [2.05, 4.69) is 9.98 Å². The van der Waals surface area contributed by atoms with E-state index in [0.717, 1.165) is 0 Å². The average molecular weight is 558 g/mol. The molecule has 4 unspecified atom stereocenters. The van der Waals surface area contributed by atoms with Crippen LogP contribution in [0.3, 0.4) is 0 Å². The van der Waals surface area contributed by atoms with Crippen LogP contribution in [0.15, 0.2) is 47.6 Å². The van der Waals surface area contributed by atoms with Gasteiger partial charge in [-0.25, -0.2) is 9.37 Å². The summed E-state index contributed by atoms with van der Waals surface area (Å²) in [5, 5.41) is 9.40. The van der Waals surface area contributed by atoms with Crippen molar-refractivity contribution in [1.29, 1.82) is 0 Å². The molecule has 0 saturated carbocycles. The van der Waals surface area contributed by atoms with Gasteiger partial charge in [-0.3, -0.25) is 18.8 Å². The first kappa shape index (κ1) is 28.4. The Morgan fingerprint density at radius 3 is 2.72 bits per heavy atom. The number of primary amides is 1. The number of nitrogens with two attached hydrogens (primary N) is 1. The molecule has 39 heavy (non-hydrogen) atoms. The molecule has 3 heterocycles. The second-order valence-electron chi connectivity index (χ2n) is 9.55. The van der Waals surface area contributed by atoms with Gasteiger partial charge in [0.15, 0.2) is 6.17 Å². The summed E-state index contributed by atoms with van der Waals surface area (Å²) in [7, 11) is 0. The molecular formula is C27H30FN4O6S-. The summed E-state index contributed by atoms with van der Waals surface area (Å²) in [4.78, 5) is 35.0. The molecule has 1 fully saturated rings. The second-order valence-corrected chi connectivity index (χ2v) is 10.6. The van der Waals surface area contributed by atoms with Crippen LogP contribution in [0, 0.1) is 0 Å². The Hall–Kier alpha value is -3.64. The maximum atomic E-state index is 15.1. The van der Waals surface area contributed by atoms with Crippen LogP contribution in [0.2, 0.25) is 0 Å². The maximum Gasteiger partial charge on any atom is 0.254 e. The lowest BCUT2D eigenvalue weighted by atomic mass is 10.0. The van der Waals surface area contributed by atoms with E-state index in [9.17, 15) is 23.5 Å². The Morgan fingerprint density at radius 1 is 1.26 bits per heavy atom. The minimum absolute atomic E-state index is 0.00221. The van der Waals surface area contributed by atoms with Crippen molar-refractivity contribution in [2.75, 3.05) is 18.8 Å². The third kappa shape index (κ3) is 7.70. The summed E-state index contributed by atoms with van der Waals surface area (Å²) in [5.74, 6) is -0.950. The summed E-state index contributed by atoms with van der Waals surface area (Å²) in [6.45, 7) is 0.118. The molecule has 0 bridgehead atoms. The second kappa shape index (κ2) is 12.9. The van der Waals surface area contributed by atoms with Crippen molar-refractivity contribution >= 4 is 34.7 Å². The smallest absolute Gasteiger partial charge is 0.254 e. The number of pyridine rings is 1. The number of phenolic OH excluding ortho intramolecular Hbond substituents is 1. The van der Waals surface area contributed by atoms with E-state index in [1.165, 1.54) is 29.3 Å². The highest BCUT2D eigenvalue weighted by Gasteiger charge is 2.34. The molecule has 0 aliphatic carbocycles. The van der Waals surface area contributed by atoms with Crippen molar-refractivity contribution in [3.05, 3.63) is 59.3 Å². The fourth-order valence-corrected chi connectivity index (χ4v) is 5.02. The van der Waals surface area contributed by atoms with Crippen LogP contribution < -0.4 is 10.5 Å². The Kier molecular flexibility index (Phi) is 9.41. The van der Waals surface area contributed by atoms with E-state index in [1.54, 1.807) is 18.3 Å². The van der Waals surface area contributed by atoms with Crippen LogP contribution in [0.5, 0.6) is 11.6 Å². The number of aliphatic imine (C=N–C) groups is 1. The van der Waals surface area contributed by atoms with Crippen molar-refractivity contribution < 1.29 is 32.6 Å². The molecule has 1 aromatic heterocycles. The highest BCUT2D eigenvalue weighted by molar-refractivity contribution is 7.79. The lowest BCUT2D eigenvalue weighted by Crippen LogP contribution is -2.49. The number of amides is 2. The minimum atomic E-state index is -2.12. The van der Waals surface area contributed by atoms with Gasteiger partial charge in [0.25, 0.3) is 5.91 Å². The van der Waals surface area contributed by atoms with Crippen LogP contribution >= 0.6 is 0 Å². The summed E-state index contributed by atoms with van der Waals surface area (Å²) in [6, 6.07) is 7.68. The Bertz CT molecular complexity index is 1290. The Balaban J connectivity index is 1.40. The quantitative estimate of drug-likeness (QED) is 0.448. The number of carbonyl (C=O) groups is 2. The molecule has 208 valence electrons. The van der Waals surface area contributed by atoms with E-state index in [4.69, 9.17) is 10.5 Å². The number of nitrogens with zero attached hydrogens (tertiary/aromatic N) is 3. The molecule has 0 radical (unpaired) electrons. The number of carbonyl (C=O) groups excluding carboxylic acids is 2. The zero-order chi connectivity index (χ0) is 27.9. The number of hydrogen-bond acceptors (Lipinski definition) is 8. The number of benzene rings is 1. The number of halogens is 1. The van der Waals surface area contributed by atoms with Gasteiger partial charge in [-0.2, -0.15) is 0 Å². The molecule has 1 aromatic carbocycles. The summed E-state index contributed by atoms with van der Waals surface area (Å²) < 4.78 is 42.6. The Labute approximate surface area is 228 Å². The first-order valence-electron chi connectivity index (χ1n) is 12.7. The monoisotopic (exact) mass is 557 g/mol. The summed E-state index contributed by atoms with van der Waals surface area (Å²) in [5.41, 5.74) is 7.60. The molecule has 12 heteroatoms. The number of aromatic hydroxyl groups is 1. The standard InChI is InChI=1S/C27H31FN4O6S/c28-23-16-32(25(34)12-17-4-6-21(33)7-5-17)10-8-24(23)38-27-22(26(29)35)13-19(15-31-27)18-2-1-3-20(30-14-18)9-11-39(36)37/h2,4-7,13-15,20,23-24,33H,1,3,8-12,16H2,(H2,29,35)(H,36,37)/p-1. The normalized spacial score (nSPS) is 22.1. The third-order valence-electron chi connectivity index (χ3n) is 6.75. The SMILES string of the molecule is NC(=O)c1cc(C2=CCCC(CCS(=O)[O-])N=C2)cnc1OC1CCN(C(=O)Cc2ccc(O)cc2)CC1F. The number of phenols is 1. The molecule has 2 amide bonds. The van der Waals surface area contributed by atoms with Gasteiger partial charge in [0.05, 0.1) is 19.0 Å². The number of alkyl halides is 1. The first-order valence-corrected chi connectivity index (χ1v) is 13.9.